The normalized spacial score (nSPS) is 10.3. The molecular formula is C14H21N. The second-order valence-corrected chi connectivity index (χ2v) is 3.85. The van der Waals surface area contributed by atoms with Crippen LogP contribution in [0.5, 0.6) is 0 Å². The van der Waals surface area contributed by atoms with E-state index in [0.717, 1.165) is 6.42 Å². The standard InChI is InChI=1S/C14H21N/c1-3-5-6-8-13-10-7-9-12(4-2)14(13)11-15/h4,7,9-10H,2-3,5-6,8,11,15H2,1H3. The van der Waals surface area contributed by atoms with Crippen LogP contribution in [0.4, 0.5) is 0 Å². The maximum Gasteiger partial charge on any atom is 0.0186 e. The third kappa shape index (κ3) is 3.21. The predicted octanol–water partition coefficient (Wildman–Crippen LogP) is 3.52. The molecule has 0 aliphatic heterocycles. The smallest absolute Gasteiger partial charge is 0.0186 e. The summed E-state index contributed by atoms with van der Waals surface area (Å²) in [5.41, 5.74) is 9.63. The van der Waals surface area contributed by atoms with Crippen LogP contribution in [0.2, 0.25) is 0 Å². The first kappa shape index (κ1) is 12.0. The van der Waals surface area contributed by atoms with Gasteiger partial charge in [-0.1, -0.05) is 50.6 Å². The molecule has 0 aromatic heterocycles. The topological polar surface area (TPSA) is 26.0 Å². The van der Waals surface area contributed by atoms with E-state index < -0.39 is 0 Å². The first-order chi connectivity index (χ1) is 7.33. The first-order valence-electron chi connectivity index (χ1n) is 5.76. The Hall–Kier alpha value is -1.08. The van der Waals surface area contributed by atoms with Crippen LogP contribution in [0, 0.1) is 0 Å². The molecule has 0 saturated carbocycles. The second-order valence-electron chi connectivity index (χ2n) is 3.85. The van der Waals surface area contributed by atoms with Gasteiger partial charge in [0.05, 0.1) is 0 Å². The van der Waals surface area contributed by atoms with Gasteiger partial charge in [0.15, 0.2) is 0 Å². The lowest BCUT2D eigenvalue weighted by Crippen LogP contribution is -2.04. The first-order valence-corrected chi connectivity index (χ1v) is 5.76. The molecule has 1 aromatic carbocycles. The average Bonchev–Trinajstić information content (AvgIpc) is 2.29. The monoisotopic (exact) mass is 203 g/mol. The zero-order valence-electron chi connectivity index (χ0n) is 9.63. The minimum absolute atomic E-state index is 0.615. The molecule has 0 unspecified atom stereocenters. The van der Waals surface area contributed by atoms with E-state index in [0.29, 0.717) is 6.54 Å². The fourth-order valence-electron chi connectivity index (χ4n) is 1.89. The van der Waals surface area contributed by atoms with E-state index in [1.54, 1.807) is 0 Å². The van der Waals surface area contributed by atoms with Gasteiger partial charge in [-0.3, -0.25) is 0 Å². The van der Waals surface area contributed by atoms with Gasteiger partial charge in [-0.05, 0) is 29.5 Å². The van der Waals surface area contributed by atoms with Crippen molar-refractivity contribution in [2.45, 2.75) is 39.2 Å². The highest BCUT2D eigenvalue weighted by Crippen LogP contribution is 2.18. The van der Waals surface area contributed by atoms with Crippen LogP contribution >= 0.6 is 0 Å². The van der Waals surface area contributed by atoms with Gasteiger partial charge >= 0.3 is 0 Å². The molecule has 0 saturated heterocycles. The van der Waals surface area contributed by atoms with Crippen LogP contribution in [-0.2, 0) is 13.0 Å². The van der Waals surface area contributed by atoms with Gasteiger partial charge in [-0.2, -0.15) is 0 Å². The van der Waals surface area contributed by atoms with Crippen LogP contribution < -0.4 is 5.73 Å². The molecule has 1 heteroatoms. The summed E-state index contributed by atoms with van der Waals surface area (Å²) in [5, 5.41) is 0. The van der Waals surface area contributed by atoms with E-state index in [2.05, 4.69) is 31.7 Å². The van der Waals surface area contributed by atoms with E-state index in [4.69, 9.17) is 5.73 Å². The Morgan fingerprint density at radius 2 is 2.13 bits per heavy atom. The van der Waals surface area contributed by atoms with Gasteiger partial charge in [0.2, 0.25) is 0 Å². The van der Waals surface area contributed by atoms with Crippen LogP contribution in [0.15, 0.2) is 24.8 Å². The minimum atomic E-state index is 0.615. The summed E-state index contributed by atoms with van der Waals surface area (Å²) in [6.07, 6.45) is 6.85. The molecule has 0 atom stereocenters. The van der Waals surface area contributed by atoms with Crippen molar-refractivity contribution in [1.82, 2.24) is 0 Å². The van der Waals surface area contributed by atoms with Gasteiger partial charge in [0.1, 0.15) is 0 Å². The summed E-state index contributed by atoms with van der Waals surface area (Å²) < 4.78 is 0. The van der Waals surface area contributed by atoms with E-state index in [1.165, 1.54) is 36.0 Å². The van der Waals surface area contributed by atoms with E-state index in [-0.39, 0.29) is 0 Å². The van der Waals surface area contributed by atoms with Gasteiger partial charge in [-0.25, -0.2) is 0 Å². The summed E-state index contributed by atoms with van der Waals surface area (Å²) in [5.74, 6) is 0. The summed E-state index contributed by atoms with van der Waals surface area (Å²) in [4.78, 5) is 0. The Morgan fingerprint density at radius 1 is 1.33 bits per heavy atom. The van der Waals surface area contributed by atoms with Crippen LogP contribution in [-0.4, -0.2) is 0 Å². The lowest BCUT2D eigenvalue weighted by atomic mass is 9.97. The minimum Gasteiger partial charge on any atom is -0.326 e. The van der Waals surface area contributed by atoms with Crippen molar-refractivity contribution >= 4 is 6.08 Å². The van der Waals surface area contributed by atoms with E-state index in [1.807, 2.05) is 6.08 Å². The Morgan fingerprint density at radius 3 is 2.73 bits per heavy atom. The van der Waals surface area contributed by atoms with Crippen LogP contribution in [0.1, 0.15) is 42.9 Å². The van der Waals surface area contributed by atoms with Crippen molar-refractivity contribution in [2.24, 2.45) is 5.73 Å². The fourth-order valence-corrected chi connectivity index (χ4v) is 1.89. The van der Waals surface area contributed by atoms with Crippen molar-refractivity contribution in [3.05, 3.63) is 41.5 Å². The Labute approximate surface area is 93.0 Å². The summed E-state index contributed by atoms with van der Waals surface area (Å²) in [6, 6.07) is 6.36. The molecule has 0 radical (unpaired) electrons. The molecule has 0 bridgehead atoms. The van der Waals surface area contributed by atoms with Gasteiger partial charge in [-0.15, -0.1) is 0 Å². The number of benzene rings is 1. The molecule has 0 aliphatic carbocycles. The highest BCUT2D eigenvalue weighted by Gasteiger charge is 2.03. The summed E-state index contributed by atoms with van der Waals surface area (Å²) >= 11 is 0. The SMILES string of the molecule is C=Cc1cccc(CCCCC)c1CN. The Balaban J connectivity index is 2.81. The number of aryl methyl sites for hydroxylation is 1. The second kappa shape index (κ2) is 6.41. The maximum absolute atomic E-state index is 5.78. The number of hydrogen-bond donors (Lipinski definition) is 1. The van der Waals surface area contributed by atoms with Gasteiger partial charge < -0.3 is 5.73 Å². The molecule has 15 heavy (non-hydrogen) atoms. The van der Waals surface area contributed by atoms with Crippen LogP contribution in [0.25, 0.3) is 6.08 Å². The fraction of sp³-hybridized carbons (Fsp3) is 0.429. The van der Waals surface area contributed by atoms with Crippen molar-refractivity contribution in [3.8, 4) is 0 Å². The van der Waals surface area contributed by atoms with E-state index >= 15 is 0 Å². The maximum atomic E-state index is 5.78. The third-order valence-electron chi connectivity index (χ3n) is 2.78. The number of rotatable bonds is 6. The molecule has 0 heterocycles. The number of hydrogen-bond acceptors (Lipinski definition) is 1. The molecule has 0 fully saturated rings. The molecule has 1 aromatic rings. The van der Waals surface area contributed by atoms with Crippen molar-refractivity contribution < 1.29 is 0 Å². The third-order valence-corrected chi connectivity index (χ3v) is 2.78. The molecule has 0 aliphatic rings. The molecule has 82 valence electrons. The van der Waals surface area contributed by atoms with Gasteiger partial charge in [0.25, 0.3) is 0 Å². The molecule has 0 amide bonds. The van der Waals surface area contributed by atoms with Crippen molar-refractivity contribution in [1.29, 1.82) is 0 Å². The highest BCUT2D eigenvalue weighted by atomic mass is 14.5. The summed E-state index contributed by atoms with van der Waals surface area (Å²) in [6.45, 7) is 6.66. The molecule has 2 N–H and O–H groups in total. The zero-order valence-corrected chi connectivity index (χ0v) is 9.63. The van der Waals surface area contributed by atoms with Crippen molar-refractivity contribution in [2.75, 3.05) is 0 Å². The average molecular weight is 203 g/mol. The number of unbranched alkanes of at least 4 members (excludes halogenated alkanes) is 2. The predicted molar refractivity (Wildman–Crippen MR) is 67.7 cm³/mol. The number of nitrogens with two attached hydrogens (primary N) is 1. The Bertz CT molecular complexity index is 315. The highest BCUT2D eigenvalue weighted by molar-refractivity contribution is 5.54. The lowest BCUT2D eigenvalue weighted by Gasteiger charge is -2.10. The van der Waals surface area contributed by atoms with E-state index in [9.17, 15) is 0 Å². The molecule has 1 rings (SSSR count). The van der Waals surface area contributed by atoms with Crippen molar-refractivity contribution in [3.63, 3.8) is 0 Å². The lowest BCUT2D eigenvalue weighted by molar-refractivity contribution is 0.713. The Kier molecular flexibility index (Phi) is 5.13. The molecule has 1 nitrogen and oxygen atoms in total. The zero-order chi connectivity index (χ0) is 11.1. The summed E-state index contributed by atoms with van der Waals surface area (Å²) in [7, 11) is 0. The van der Waals surface area contributed by atoms with Gasteiger partial charge in [0, 0.05) is 6.54 Å². The van der Waals surface area contributed by atoms with Crippen LogP contribution in [0.3, 0.4) is 0 Å². The molecule has 0 spiro atoms. The molecular weight excluding hydrogens is 182 g/mol. The quantitative estimate of drug-likeness (QED) is 0.703. The largest absolute Gasteiger partial charge is 0.326 e.